The van der Waals surface area contributed by atoms with Crippen molar-refractivity contribution < 1.29 is 27.3 Å². The SMILES string of the molecule is CC(C)(C)OC(=O)N1CCC[C@@H](S(=O)(=O)c2nc3cc([N+](=O)[O-])ccc3o2)C1. The third kappa shape index (κ3) is 4.08. The van der Waals surface area contributed by atoms with Gasteiger partial charge < -0.3 is 14.1 Å². The van der Waals surface area contributed by atoms with Crippen molar-refractivity contribution in [1.82, 2.24) is 9.88 Å². The molecule has 152 valence electrons. The van der Waals surface area contributed by atoms with Gasteiger partial charge in [-0.2, -0.15) is 4.98 Å². The zero-order chi connectivity index (χ0) is 20.7. The molecule has 1 aromatic heterocycles. The van der Waals surface area contributed by atoms with E-state index in [1.807, 2.05) is 0 Å². The van der Waals surface area contributed by atoms with Crippen molar-refractivity contribution in [2.45, 2.75) is 49.7 Å². The van der Waals surface area contributed by atoms with E-state index in [-0.39, 0.29) is 23.3 Å². The van der Waals surface area contributed by atoms with E-state index in [1.54, 1.807) is 20.8 Å². The molecule has 0 spiro atoms. The van der Waals surface area contributed by atoms with E-state index in [9.17, 15) is 23.3 Å². The number of fused-ring (bicyclic) bond motifs is 1. The Labute approximate surface area is 161 Å². The molecule has 0 radical (unpaired) electrons. The number of nitro benzene ring substituents is 1. The van der Waals surface area contributed by atoms with Gasteiger partial charge in [0.25, 0.3) is 5.69 Å². The van der Waals surface area contributed by atoms with Crippen LogP contribution in [0.1, 0.15) is 33.6 Å². The molecule has 1 amide bonds. The molecule has 0 bridgehead atoms. The van der Waals surface area contributed by atoms with Crippen molar-refractivity contribution in [3.8, 4) is 0 Å². The van der Waals surface area contributed by atoms with Gasteiger partial charge in [-0.05, 0) is 39.7 Å². The Balaban J connectivity index is 1.84. The molecule has 2 heterocycles. The van der Waals surface area contributed by atoms with Crippen molar-refractivity contribution in [2.24, 2.45) is 0 Å². The van der Waals surface area contributed by atoms with Crippen LogP contribution in [0.2, 0.25) is 0 Å². The van der Waals surface area contributed by atoms with Gasteiger partial charge in [0.1, 0.15) is 11.1 Å². The molecule has 1 aliphatic rings. The molecule has 11 heteroatoms. The number of likely N-dealkylation sites (tertiary alicyclic amines) is 1. The fourth-order valence-corrected chi connectivity index (χ4v) is 4.53. The molecule has 1 saturated heterocycles. The Hall–Kier alpha value is -2.69. The summed E-state index contributed by atoms with van der Waals surface area (Å²) in [5, 5.41) is 9.48. The summed E-state index contributed by atoms with van der Waals surface area (Å²) in [6, 6.07) is 3.69. The van der Waals surface area contributed by atoms with Crippen molar-refractivity contribution in [3.05, 3.63) is 28.3 Å². The number of hydrogen-bond donors (Lipinski definition) is 0. The first-order chi connectivity index (χ1) is 13.0. The molecular weight excluding hydrogens is 390 g/mol. The average Bonchev–Trinajstić information content (AvgIpc) is 3.04. The van der Waals surface area contributed by atoms with Crippen LogP contribution in [-0.4, -0.2) is 53.3 Å². The molecule has 10 nitrogen and oxygen atoms in total. The summed E-state index contributed by atoms with van der Waals surface area (Å²) < 4.78 is 36.6. The summed E-state index contributed by atoms with van der Waals surface area (Å²) >= 11 is 0. The zero-order valence-corrected chi connectivity index (χ0v) is 16.6. The molecule has 2 aromatic rings. The quantitative estimate of drug-likeness (QED) is 0.556. The highest BCUT2D eigenvalue weighted by Gasteiger charge is 2.38. The summed E-state index contributed by atoms with van der Waals surface area (Å²) in [7, 11) is -3.96. The number of aromatic nitrogens is 1. The number of nitro groups is 1. The fraction of sp³-hybridized carbons (Fsp3) is 0.529. The van der Waals surface area contributed by atoms with Crippen LogP contribution in [0.15, 0.2) is 27.8 Å². The highest BCUT2D eigenvalue weighted by molar-refractivity contribution is 7.91. The Kier molecular flexibility index (Phi) is 5.04. The lowest BCUT2D eigenvalue weighted by molar-refractivity contribution is -0.384. The standard InChI is InChI=1S/C17H21N3O7S/c1-17(2,3)27-16(21)19-8-4-5-12(10-19)28(24,25)15-18-13-9-11(20(22)23)6-7-14(13)26-15/h6-7,9,12H,4-5,8,10H2,1-3H3/t12-/m1/s1. The smallest absolute Gasteiger partial charge is 0.410 e. The first-order valence-electron chi connectivity index (χ1n) is 8.74. The van der Waals surface area contributed by atoms with Gasteiger partial charge in [0.05, 0.1) is 10.2 Å². The molecule has 0 aliphatic carbocycles. The third-order valence-corrected chi connectivity index (χ3v) is 6.20. The van der Waals surface area contributed by atoms with Crippen molar-refractivity contribution in [2.75, 3.05) is 13.1 Å². The number of non-ortho nitro benzene ring substituents is 1. The fourth-order valence-electron chi connectivity index (χ4n) is 2.96. The van der Waals surface area contributed by atoms with E-state index >= 15 is 0 Å². The molecule has 1 aromatic carbocycles. The van der Waals surface area contributed by atoms with Crippen LogP contribution < -0.4 is 0 Å². The molecule has 28 heavy (non-hydrogen) atoms. The topological polar surface area (TPSA) is 133 Å². The summed E-state index contributed by atoms with van der Waals surface area (Å²) in [6.45, 7) is 5.58. The van der Waals surface area contributed by atoms with Gasteiger partial charge in [0, 0.05) is 25.2 Å². The van der Waals surface area contributed by atoms with Crippen LogP contribution in [0.25, 0.3) is 11.1 Å². The number of amides is 1. The van der Waals surface area contributed by atoms with Gasteiger partial charge in [-0.1, -0.05) is 0 Å². The van der Waals surface area contributed by atoms with Crippen molar-refractivity contribution in [3.63, 3.8) is 0 Å². The third-order valence-electron chi connectivity index (χ3n) is 4.27. The number of benzene rings is 1. The van der Waals surface area contributed by atoms with E-state index in [0.717, 1.165) is 6.07 Å². The van der Waals surface area contributed by atoms with Gasteiger partial charge >= 0.3 is 11.3 Å². The second-order valence-electron chi connectivity index (χ2n) is 7.62. The molecule has 1 atom stereocenters. The van der Waals surface area contributed by atoms with Crippen LogP contribution in [0.5, 0.6) is 0 Å². The Morgan fingerprint density at radius 3 is 2.75 bits per heavy atom. The van der Waals surface area contributed by atoms with Crippen LogP contribution in [-0.2, 0) is 14.6 Å². The molecule has 3 rings (SSSR count). The average molecular weight is 411 g/mol. The Morgan fingerprint density at radius 1 is 1.39 bits per heavy atom. The lowest BCUT2D eigenvalue weighted by Crippen LogP contribution is -2.47. The Morgan fingerprint density at radius 2 is 2.11 bits per heavy atom. The summed E-state index contributed by atoms with van der Waals surface area (Å²) in [5.41, 5.74) is -0.659. The van der Waals surface area contributed by atoms with Gasteiger partial charge in [-0.15, -0.1) is 0 Å². The second-order valence-corrected chi connectivity index (χ2v) is 9.73. The Bertz CT molecular complexity index is 1020. The maximum absolute atomic E-state index is 13.0. The summed E-state index contributed by atoms with van der Waals surface area (Å²) in [5.74, 6) is 0. The molecule has 0 N–H and O–H groups in total. The minimum Gasteiger partial charge on any atom is -0.444 e. The highest BCUT2D eigenvalue weighted by Crippen LogP contribution is 2.28. The second kappa shape index (κ2) is 7.04. The van der Waals surface area contributed by atoms with Crippen molar-refractivity contribution >= 4 is 32.7 Å². The van der Waals surface area contributed by atoms with E-state index in [2.05, 4.69) is 4.98 Å². The van der Waals surface area contributed by atoms with Crippen LogP contribution >= 0.6 is 0 Å². The number of sulfone groups is 1. The molecule has 0 unspecified atom stereocenters. The number of carbonyl (C=O) groups is 1. The van der Waals surface area contributed by atoms with Gasteiger partial charge in [-0.3, -0.25) is 10.1 Å². The predicted molar refractivity (Wildman–Crippen MR) is 98.7 cm³/mol. The number of piperidine rings is 1. The maximum Gasteiger partial charge on any atom is 0.410 e. The molecule has 1 fully saturated rings. The lowest BCUT2D eigenvalue weighted by atomic mass is 10.1. The largest absolute Gasteiger partial charge is 0.444 e. The predicted octanol–water partition coefficient (Wildman–Crippen LogP) is 2.91. The van der Waals surface area contributed by atoms with Gasteiger partial charge in [-0.25, -0.2) is 13.2 Å². The molecular formula is C17H21N3O7S. The lowest BCUT2D eigenvalue weighted by Gasteiger charge is -2.33. The number of hydrogen-bond acceptors (Lipinski definition) is 8. The minimum atomic E-state index is -3.96. The number of oxazole rings is 1. The van der Waals surface area contributed by atoms with E-state index in [4.69, 9.17) is 9.15 Å². The van der Waals surface area contributed by atoms with Gasteiger partial charge in [0.2, 0.25) is 9.84 Å². The maximum atomic E-state index is 13.0. The summed E-state index contributed by atoms with van der Waals surface area (Å²) in [6.07, 6.45) is 0.274. The first kappa shape index (κ1) is 20.1. The number of rotatable bonds is 3. The number of ether oxygens (including phenoxy) is 1. The van der Waals surface area contributed by atoms with Crippen LogP contribution in [0.4, 0.5) is 10.5 Å². The molecule has 0 saturated carbocycles. The van der Waals surface area contributed by atoms with E-state index in [0.29, 0.717) is 19.4 Å². The van der Waals surface area contributed by atoms with E-state index < -0.39 is 36.9 Å². The monoisotopic (exact) mass is 411 g/mol. The van der Waals surface area contributed by atoms with E-state index in [1.165, 1.54) is 17.0 Å². The molecule has 1 aliphatic heterocycles. The van der Waals surface area contributed by atoms with Crippen LogP contribution in [0, 0.1) is 10.1 Å². The first-order valence-corrected chi connectivity index (χ1v) is 10.3. The number of nitrogens with zero attached hydrogens (tertiary/aromatic N) is 3. The normalized spacial score (nSPS) is 18.2. The zero-order valence-electron chi connectivity index (χ0n) is 15.7. The van der Waals surface area contributed by atoms with Crippen molar-refractivity contribution in [1.29, 1.82) is 0 Å². The highest BCUT2D eigenvalue weighted by atomic mass is 32.2. The minimum absolute atomic E-state index is 0.0316. The number of carbonyl (C=O) groups excluding carboxylic acids is 1. The van der Waals surface area contributed by atoms with Crippen LogP contribution in [0.3, 0.4) is 0 Å². The van der Waals surface area contributed by atoms with Gasteiger partial charge in [0.15, 0.2) is 5.58 Å². The summed E-state index contributed by atoms with van der Waals surface area (Å²) in [4.78, 5) is 27.9.